The molecule has 1 rings (SSSR count). The van der Waals surface area contributed by atoms with Crippen LogP contribution in [0.1, 0.15) is 5.56 Å². The number of hydrogen-bond acceptors (Lipinski definition) is 2. The number of nitriles is 1. The van der Waals surface area contributed by atoms with Crippen molar-refractivity contribution < 1.29 is 23.8 Å². The highest BCUT2D eigenvalue weighted by Gasteiger charge is 2.67. The molecule has 0 spiro atoms. The average molecular weight is 262 g/mol. The molecule has 0 aliphatic rings. The summed E-state index contributed by atoms with van der Waals surface area (Å²) >= 11 is 0. The van der Waals surface area contributed by atoms with Crippen LogP contribution in [-0.2, 0) is 0 Å². The predicted molar refractivity (Wildman–Crippen MR) is 46.9 cm³/mol. The maximum absolute atomic E-state index is 12.9. The van der Waals surface area contributed by atoms with Gasteiger partial charge in [-0.05, 0) is 12.1 Å². The summed E-state index contributed by atoms with van der Waals surface area (Å²) < 4.78 is 74.8. The fourth-order valence-corrected chi connectivity index (χ4v) is 1.90. The third-order valence-corrected chi connectivity index (χ3v) is 2.76. The van der Waals surface area contributed by atoms with Crippen LogP contribution in [0.4, 0.5) is 29.5 Å². The van der Waals surface area contributed by atoms with Crippen molar-refractivity contribution in [2.75, 3.05) is 5.73 Å². The molecule has 0 radical (unpaired) electrons. The van der Waals surface area contributed by atoms with Crippen LogP contribution >= 0.6 is 10.2 Å². The Kier molecular flexibility index (Phi) is 2.01. The van der Waals surface area contributed by atoms with Gasteiger partial charge in [0.15, 0.2) is 0 Å². The molecule has 0 bridgehead atoms. The van der Waals surface area contributed by atoms with Crippen molar-refractivity contribution in [3.63, 3.8) is 0 Å². The fourth-order valence-electron chi connectivity index (χ4n) is 1.01. The Labute approximate surface area is 86.0 Å². The Morgan fingerprint density at radius 2 is 1.62 bits per heavy atom. The number of anilines is 1. The molecule has 0 atom stereocenters. The normalized spacial score (nSPS) is 16.1. The largest absolute Gasteiger partial charge is 0.399 e. The summed E-state index contributed by atoms with van der Waals surface area (Å²) in [5, 5.41) is 8.24. The van der Waals surface area contributed by atoms with E-state index in [0.29, 0.717) is 6.07 Å². The number of nitrogens with zero attached hydrogens (tertiary/aromatic N) is 1. The van der Waals surface area contributed by atoms with Gasteiger partial charge in [-0.15, -0.1) is 0 Å². The van der Waals surface area contributed by atoms with Gasteiger partial charge >= 0.3 is 10.2 Å². The highest BCUT2D eigenvalue weighted by Crippen LogP contribution is 3.02. The summed E-state index contributed by atoms with van der Waals surface area (Å²) in [5.41, 5.74) is 2.24. The van der Waals surface area contributed by atoms with E-state index in [9.17, 15) is 23.8 Å². The van der Waals surface area contributed by atoms with Crippen molar-refractivity contribution in [3.05, 3.63) is 23.5 Å². The molecule has 0 saturated carbocycles. The van der Waals surface area contributed by atoms with E-state index >= 15 is 0 Å². The van der Waals surface area contributed by atoms with Gasteiger partial charge in [-0.2, -0.15) is 5.26 Å². The van der Waals surface area contributed by atoms with Gasteiger partial charge in [0.2, 0.25) is 0 Å². The number of halogens is 6. The Hall–Kier alpha value is -1.56. The van der Waals surface area contributed by atoms with Crippen molar-refractivity contribution >= 4 is 15.9 Å². The summed E-state index contributed by atoms with van der Waals surface area (Å²) in [5.74, 6) is -1.73. The van der Waals surface area contributed by atoms with Crippen molar-refractivity contribution in [2.24, 2.45) is 0 Å². The minimum Gasteiger partial charge on any atom is -0.399 e. The van der Waals surface area contributed by atoms with E-state index in [1.165, 1.54) is 0 Å². The molecule has 0 saturated heterocycles. The molecular weight excluding hydrogens is 258 g/mol. The molecule has 0 aromatic heterocycles. The predicted octanol–water partition coefficient (Wildman–Crippen LogP) is 3.94. The number of hydrogen-bond donors (Lipinski definition) is 1. The van der Waals surface area contributed by atoms with Crippen LogP contribution in [0.15, 0.2) is 17.0 Å². The molecule has 1 aromatic carbocycles. The molecule has 2 nitrogen and oxygen atoms in total. The second kappa shape index (κ2) is 2.57. The van der Waals surface area contributed by atoms with E-state index in [1.807, 2.05) is 0 Å². The van der Waals surface area contributed by atoms with E-state index in [2.05, 4.69) is 0 Å². The first-order chi connectivity index (χ1) is 6.85. The molecule has 90 valence electrons. The topological polar surface area (TPSA) is 49.8 Å². The van der Waals surface area contributed by atoms with E-state index in [1.54, 1.807) is 0 Å². The summed E-state index contributed by atoms with van der Waals surface area (Å²) in [6.45, 7) is 0. The van der Waals surface area contributed by atoms with Crippen LogP contribution in [-0.4, -0.2) is 0 Å². The van der Waals surface area contributed by atoms with Gasteiger partial charge in [0, 0.05) is 5.69 Å². The maximum atomic E-state index is 12.9. The van der Waals surface area contributed by atoms with E-state index in [4.69, 9.17) is 11.0 Å². The summed E-state index contributed by atoms with van der Waals surface area (Å²) in [4.78, 5) is -2.60. The lowest BCUT2D eigenvalue weighted by molar-refractivity contribution is 0.362. The second-order valence-electron chi connectivity index (χ2n) is 2.96. The van der Waals surface area contributed by atoms with Crippen molar-refractivity contribution in [1.82, 2.24) is 0 Å². The van der Waals surface area contributed by atoms with E-state index in [0.717, 1.165) is 6.07 Å². The zero-order valence-corrected chi connectivity index (χ0v) is 8.17. The smallest absolute Gasteiger partial charge is 0.311 e. The van der Waals surface area contributed by atoms with E-state index < -0.39 is 32.2 Å². The first kappa shape index (κ1) is 12.5. The highest BCUT2D eigenvalue weighted by molar-refractivity contribution is 8.45. The monoisotopic (exact) mass is 262 g/mol. The number of benzene rings is 1. The quantitative estimate of drug-likeness (QED) is 0.615. The molecule has 9 heteroatoms. The fraction of sp³-hybridized carbons (Fsp3) is 0. The number of nitrogen functional groups attached to an aromatic ring is 1. The summed E-state index contributed by atoms with van der Waals surface area (Å²) in [6.07, 6.45) is 0. The van der Waals surface area contributed by atoms with Crippen molar-refractivity contribution in [3.8, 4) is 6.07 Å². The molecule has 2 N–H and O–H groups in total. The average Bonchev–Trinajstić information content (AvgIpc) is 1.98. The van der Waals surface area contributed by atoms with Crippen LogP contribution < -0.4 is 5.73 Å². The zero-order valence-electron chi connectivity index (χ0n) is 7.36. The minimum absolute atomic E-state index is 0.150. The van der Waals surface area contributed by atoms with Crippen molar-refractivity contribution in [2.45, 2.75) is 4.90 Å². The SMILES string of the molecule is N#Cc1c(F)cc(N)cc1S(F)(F)(F)(F)F. The van der Waals surface area contributed by atoms with Gasteiger partial charge in [0.25, 0.3) is 0 Å². The molecular formula is C7H4F6N2S. The standard InChI is InChI=1S/C7H4F6N2S/c8-6-1-4(15)2-7(5(6)3-14)16(9,10,11,12)13/h1-2H,15H2. The van der Waals surface area contributed by atoms with Gasteiger partial charge in [0.05, 0.1) is 0 Å². The lowest BCUT2D eigenvalue weighted by atomic mass is 10.2. The molecule has 0 unspecified atom stereocenters. The van der Waals surface area contributed by atoms with Gasteiger partial charge in [-0.25, -0.2) is 4.39 Å². The molecule has 0 aliphatic heterocycles. The number of rotatable bonds is 1. The zero-order chi connectivity index (χ0) is 12.8. The first-order valence-corrected chi connectivity index (χ1v) is 5.53. The van der Waals surface area contributed by atoms with Crippen molar-refractivity contribution in [1.29, 1.82) is 5.26 Å². The Bertz CT molecular complexity index is 500. The summed E-state index contributed by atoms with van der Waals surface area (Å²) in [6, 6.07) is 0.964. The van der Waals surface area contributed by atoms with Gasteiger partial charge in [0.1, 0.15) is 22.3 Å². The molecule has 0 heterocycles. The van der Waals surface area contributed by atoms with Gasteiger partial charge < -0.3 is 5.73 Å². The molecule has 0 aliphatic carbocycles. The second-order valence-corrected chi connectivity index (χ2v) is 5.33. The number of nitrogens with two attached hydrogens (primary N) is 1. The van der Waals surface area contributed by atoms with Gasteiger partial charge in [-0.1, -0.05) is 19.4 Å². The lowest BCUT2D eigenvalue weighted by Gasteiger charge is -2.41. The lowest BCUT2D eigenvalue weighted by Crippen LogP contribution is -2.10. The van der Waals surface area contributed by atoms with Crippen LogP contribution in [0.5, 0.6) is 0 Å². The van der Waals surface area contributed by atoms with Crippen LogP contribution in [0.2, 0.25) is 0 Å². The third kappa shape index (κ3) is 2.33. The molecule has 1 aromatic rings. The first-order valence-electron chi connectivity index (χ1n) is 3.58. The Morgan fingerprint density at radius 1 is 1.12 bits per heavy atom. The third-order valence-electron chi connectivity index (χ3n) is 1.60. The van der Waals surface area contributed by atoms with E-state index in [-0.39, 0.29) is 6.07 Å². The van der Waals surface area contributed by atoms with Gasteiger partial charge in [-0.3, -0.25) is 0 Å². The highest BCUT2D eigenvalue weighted by atomic mass is 32.5. The van der Waals surface area contributed by atoms with Crippen LogP contribution in [0.25, 0.3) is 0 Å². The van der Waals surface area contributed by atoms with Crippen LogP contribution in [0, 0.1) is 17.1 Å². The maximum Gasteiger partial charge on any atom is 0.311 e. The summed E-state index contributed by atoms with van der Waals surface area (Å²) in [7, 11) is -10.1. The Morgan fingerprint density at radius 3 is 2.00 bits per heavy atom. The Balaban J connectivity index is 3.80. The minimum atomic E-state index is -10.1. The molecule has 0 fully saturated rings. The molecule has 0 amide bonds. The molecule has 16 heavy (non-hydrogen) atoms. The van der Waals surface area contributed by atoms with Crippen LogP contribution in [0.3, 0.4) is 0 Å².